The molecule has 0 spiro atoms. The van der Waals surface area contributed by atoms with Crippen LogP contribution in [0.4, 0.5) is 5.69 Å². The Morgan fingerprint density at radius 3 is 2.54 bits per heavy atom. The molecule has 10 heteroatoms. The van der Waals surface area contributed by atoms with Crippen LogP contribution in [0.5, 0.6) is 5.75 Å². The van der Waals surface area contributed by atoms with Crippen molar-refractivity contribution < 1.29 is 28.3 Å². The number of nitrogens with zero attached hydrogens (tertiary/aromatic N) is 1. The Balaban J connectivity index is 1.75. The Morgan fingerprint density at radius 1 is 1.29 bits per heavy atom. The average Bonchev–Trinajstić information content (AvgIpc) is 3.04. The quantitative estimate of drug-likeness (QED) is 0.494. The van der Waals surface area contributed by atoms with Crippen molar-refractivity contribution in [1.29, 1.82) is 0 Å². The molecule has 1 aromatic carbocycles. The molecule has 24 heavy (non-hydrogen) atoms. The van der Waals surface area contributed by atoms with Gasteiger partial charge >= 0.3 is 5.69 Å². The lowest BCUT2D eigenvalue weighted by Crippen LogP contribution is -2.38. The van der Waals surface area contributed by atoms with Crippen LogP contribution in [0.1, 0.15) is 12.8 Å². The van der Waals surface area contributed by atoms with Crippen LogP contribution in [-0.2, 0) is 10.0 Å². The van der Waals surface area contributed by atoms with E-state index in [1.807, 2.05) is 0 Å². The summed E-state index contributed by atoms with van der Waals surface area (Å²) in [5.41, 5.74) is -0.481. The molecular formula is C14H18N2O7S. The summed E-state index contributed by atoms with van der Waals surface area (Å²) in [6, 6.07) is 3.22. The molecule has 0 aliphatic heterocycles. The SMILES string of the molecule is NS(=O)(=O)c1ccc(OCC2C[C@@H]3C[C@H]2[C@@H](O)[C@H]3O)c([N+](=O)[O-])c1. The lowest BCUT2D eigenvalue weighted by Gasteiger charge is -2.29. The van der Waals surface area contributed by atoms with Crippen molar-refractivity contribution in [2.24, 2.45) is 22.9 Å². The summed E-state index contributed by atoms with van der Waals surface area (Å²) >= 11 is 0. The van der Waals surface area contributed by atoms with Crippen LogP contribution in [0.3, 0.4) is 0 Å². The topological polar surface area (TPSA) is 153 Å². The van der Waals surface area contributed by atoms with Crippen molar-refractivity contribution in [3.63, 3.8) is 0 Å². The highest BCUT2D eigenvalue weighted by atomic mass is 32.2. The van der Waals surface area contributed by atoms with Crippen LogP contribution in [0.2, 0.25) is 0 Å². The van der Waals surface area contributed by atoms with E-state index >= 15 is 0 Å². The maximum Gasteiger partial charge on any atom is 0.312 e. The van der Waals surface area contributed by atoms with Crippen LogP contribution < -0.4 is 9.88 Å². The summed E-state index contributed by atoms with van der Waals surface area (Å²) in [5, 5.41) is 35.8. The third-order valence-corrected chi connectivity index (χ3v) is 5.88. The number of rotatable bonds is 5. The van der Waals surface area contributed by atoms with Gasteiger partial charge in [0.05, 0.1) is 28.6 Å². The highest BCUT2D eigenvalue weighted by molar-refractivity contribution is 7.89. The fraction of sp³-hybridized carbons (Fsp3) is 0.571. The molecule has 5 atom stereocenters. The molecule has 0 saturated heterocycles. The normalized spacial score (nSPS) is 32.0. The Labute approximate surface area is 138 Å². The second kappa shape index (κ2) is 5.96. The van der Waals surface area contributed by atoms with E-state index < -0.39 is 32.8 Å². The number of primary sulfonamides is 1. The zero-order chi connectivity index (χ0) is 17.6. The number of aliphatic hydroxyl groups is 2. The lowest BCUT2D eigenvalue weighted by atomic mass is 9.85. The van der Waals surface area contributed by atoms with Crippen molar-refractivity contribution in [2.75, 3.05) is 6.61 Å². The average molecular weight is 358 g/mol. The number of fused-ring (bicyclic) bond motifs is 2. The molecule has 1 unspecified atom stereocenters. The number of hydrogen-bond acceptors (Lipinski definition) is 7. The van der Waals surface area contributed by atoms with E-state index in [0.29, 0.717) is 12.8 Å². The summed E-state index contributed by atoms with van der Waals surface area (Å²) in [6.45, 7) is 0.153. The predicted octanol–water partition coefficient (Wildman–Crippen LogP) is -0.00120. The van der Waals surface area contributed by atoms with E-state index in [0.717, 1.165) is 12.1 Å². The van der Waals surface area contributed by atoms with Gasteiger partial charge in [0.15, 0.2) is 5.75 Å². The fourth-order valence-electron chi connectivity index (χ4n) is 3.76. The maximum atomic E-state index is 11.3. The first-order valence-corrected chi connectivity index (χ1v) is 9.03. The van der Waals surface area contributed by atoms with Crippen LogP contribution in [-0.4, -0.2) is 42.4 Å². The Hall–Kier alpha value is -1.75. The molecule has 0 radical (unpaired) electrons. The second-order valence-corrected chi connectivity index (χ2v) is 7.94. The summed E-state index contributed by atoms with van der Waals surface area (Å²) in [4.78, 5) is 10.0. The van der Waals surface area contributed by atoms with Crippen molar-refractivity contribution in [3.05, 3.63) is 28.3 Å². The Kier molecular flexibility index (Phi) is 4.24. The first-order chi connectivity index (χ1) is 11.2. The molecular weight excluding hydrogens is 340 g/mol. The van der Waals surface area contributed by atoms with Gasteiger partial charge in [-0.05, 0) is 42.7 Å². The fourth-order valence-corrected chi connectivity index (χ4v) is 4.29. The number of benzene rings is 1. The van der Waals surface area contributed by atoms with Gasteiger partial charge in [-0.1, -0.05) is 0 Å². The zero-order valence-electron chi connectivity index (χ0n) is 12.6. The van der Waals surface area contributed by atoms with Crippen LogP contribution in [0.25, 0.3) is 0 Å². The van der Waals surface area contributed by atoms with Crippen molar-refractivity contribution in [3.8, 4) is 5.75 Å². The highest BCUT2D eigenvalue weighted by Gasteiger charge is 2.51. The predicted molar refractivity (Wildman–Crippen MR) is 81.7 cm³/mol. The van der Waals surface area contributed by atoms with Crippen molar-refractivity contribution in [2.45, 2.75) is 29.9 Å². The Morgan fingerprint density at radius 2 is 2.00 bits per heavy atom. The molecule has 2 saturated carbocycles. The minimum atomic E-state index is -4.05. The van der Waals surface area contributed by atoms with Gasteiger partial charge in [-0.2, -0.15) is 0 Å². The summed E-state index contributed by atoms with van der Waals surface area (Å²) in [5.74, 6) is -0.123. The lowest BCUT2D eigenvalue weighted by molar-refractivity contribution is -0.386. The smallest absolute Gasteiger partial charge is 0.312 e. The number of hydrogen-bond donors (Lipinski definition) is 3. The third-order valence-electron chi connectivity index (χ3n) is 4.97. The van der Waals surface area contributed by atoms with Crippen LogP contribution >= 0.6 is 0 Å². The van der Waals surface area contributed by atoms with E-state index in [2.05, 4.69) is 0 Å². The molecule has 0 heterocycles. The number of sulfonamides is 1. The van der Waals surface area contributed by atoms with E-state index in [-0.39, 0.29) is 35.0 Å². The van der Waals surface area contributed by atoms with Crippen molar-refractivity contribution in [1.82, 2.24) is 0 Å². The summed E-state index contributed by atoms with van der Waals surface area (Å²) < 4.78 is 28.1. The van der Waals surface area contributed by atoms with Gasteiger partial charge in [0.2, 0.25) is 10.0 Å². The zero-order valence-corrected chi connectivity index (χ0v) is 13.4. The molecule has 9 nitrogen and oxygen atoms in total. The third kappa shape index (κ3) is 2.97. The summed E-state index contributed by atoms with van der Waals surface area (Å²) in [7, 11) is -4.05. The molecule has 132 valence electrons. The Bertz CT molecular complexity index is 764. The molecule has 2 fully saturated rings. The number of nitrogens with two attached hydrogens (primary N) is 1. The molecule has 3 rings (SSSR count). The second-order valence-electron chi connectivity index (χ2n) is 6.38. The molecule has 4 N–H and O–H groups in total. The highest BCUT2D eigenvalue weighted by Crippen LogP contribution is 2.48. The van der Waals surface area contributed by atoms with Crippen LogP contribution in [0.15, 0.2) is 23.1 Å². The van der Waals surface area contributed by atoms with E-state index in [1.54, 1.807) is 0 Å². The number of ether oxygens (including phenoxy) is 1. The van der Waals surface area contributed by atoms with Crippen molar-refractivity contribution >= 4 is 15.7 Å². The van der Waals surface area contributed by atoms with Gasteiger partial charge in [0.1, 0.15) is 0 Å². The van der Waals surface area contributed by atoms with E-state index in [4.69, 9.17) is 9.88 Å². The van der Waals surface area contributed by atoms with Gasteiger partial charge < -0.3 is 14.9 Å². The minimum absolute atomic E-state index is 0.00841. The van der Waals surface area contributed by atoms with Gasteiger partial charge in [0.25, 0.3) is 0 Å². The van der Waals surface area contributed by atoms with Gasteiger partial charge in [-0.15, -0.1) is 0 Å². The molecule has 2 bridgehead atoms. The summed E-state index contributed by atoms with van der Waals surface area (Å²) in [6.07, 6.45) is -0.110. The molecule has 0 aromatic heterocycles. The van der Waals surface area contributed by atoms with Gasteiger partial charge in [0, 0.05) is 6.07 Å². The molecule has 2 aliphatic rings. The maximum absolute atomic E-state index is 11.3. The number of aliphatic hydroxyl groups excluding tert-OH is 2. The first-order valence-electron chi connectivity index (χ1n) is 7.48. The number of nitro groups is 1. The minimum Gasteiger partial charge on any atom is -0.487 e. The van der Waals surface area contributed by atoms with E-state index in [9.17, 15) is 28.7 Å². The molecule has 2 aliphatic carbocycles. The largest absolute Gasteiger partial charge is 0.487 e. The van der Waals surface area contributed by atoms with Gasteiger partial charge in [-0.25, -0.2) is 13.6 Å². The number of nitro benzene ring substituents is 1. The standard InChI is InChI=1S/C14H18N2O7S/c15-24(21,22)9-1-2-12(11(5-9)16(19)20)23-6-8-3-7-4-10(8)14(18)13(7)17/h1-2,5,7-8,10,13-14,17-18H,3-4,6H2,(H2,15,21,22)/t7-,8?,10-,13+,14-/m1/s1. The monoisotopic (exact) mass is 358 g/mol. The molecule has 0 amide bonds. The van der Waals surface area contributed by atoms with Crippen LogP contribution in [0, 0.1) is 27.9 Å². The van der Waals surface area contributed by atoms with E-state index in [1.165, 1.54) is 6.07 Å². The van der Waals surface area contributed by atoms with Gasteiger partial charge in [-0.3, -0.25) is 10.1 Å². The first kappa shape index (κ1) is 17.1. The molecule has 1 aromatic rings.